The lowest BCUT2D eigenvalue weighted by Gasteiger charge is -2.33. The summed E-state index contributed by atoms with van der Waals surface area (Å²) in [4.78, 5) is 21.2. The third-order valence-corrected chi connectivity index (χ3v) is 6.35. The van der Waals surface area contributed by atoms with Crippen LogP contribution in [0.4, 0.5) is 11.4 Å². The highest BCUT2D eigenvalue weighted by Gasteiger charge is 2.26. The molecule has 30 heavy (non-hydrogen) atoms. The van der Waals surface area contributed by atoms with Gasteiger partial charge in [0, 0.05) is 37.1 Å². The summed E-state index contributed by atoms with van der Waals surface area (Å²) >= 11 is 0. The fraction of sp³-hybridized carbons (Fsp3) is 0.391. The van der Waals surface area contributed by atoms with Crippen LogP contribution in [-0.4, -0.2) is 46.4 Å². The van der Waals surface area contributed by atoms with E-state index in [1.54, 1.807) is 11.9 Å². The Bertz CT molecular complexity index is 1120. The zero-order chi connectivity index (χ0) is 20.8. The minimum absolute atomic E-state index is 0.0511. The molecule has 3 aromatic rings. The lowest BCUT2D eigenvalue weighted by molar-refractivity contribution is -0.120. The Morgan fingerprint density at radius 3 is 2.93 bits per heavy atom. The number of ether oxygens (including phenoxy) is 1. The molecule has 0 saturated carbocycles. The number of nitrogens with zero attached hydrogens (tertiary/aromatic N) is 4. The van der Waals surface area contributed by atoms with Crippen LogP contribution in [-0.2, 0) is 11.3 Å². The lowest BCUT2D eigenvalue weighted by Crippen LogP contribution is -2.37. The van der Waals surface area contributed by atoms with Crippen LogP contribution in [0.1, 0.15) is 31.9 Å². The number of anilines is 2. The maximum absolute atomic E-state index is 12.1. The van der Waals surface area contributed by atoms with Crippen molar-refractivity contribution >= 4 is 22.9 Å². The molecule has 1 amide bonds. The number of rotatable bonds is 3. The lowest BCUT2D eigenvalue weighted by atomic mass is 10.0. The predicted molar refractivity (Wildman–Crippen MR) is 118 cm³/mol. The van der Waals surface area contributed by atoms with Crippen molar-refractivity contribution in [2.75, 3.05) is 30.8 Å². The van der Waals surface area contributed by atoms with Crippen molar-refractivity contribution in [1.82, 2.24) is 14.3 Å². The van der Waals surface area contributed by atoms with Gasteiger partial charge in [-0.15, -0.1) is 0 Å². The molecule has 7 nitrogen and oxygen atoms in total. The summed E-state index contributed by atoms with van der Waals surface area (Å²) in [6, 6.07) is 10.3. The van der Waals surface area contributed by atoms with Gasteiger partial charge in [-0.05, 0) is 56.6 Å². The number of piperidine rings is 1. The molecule has 1 atom stereocenters. The fourth-order valence-corrected chi connectivity index (χ4v) is 4.50. The number of likely N-dealkylation sites (N-methyl/N-ethyl adjacent to an activating group) is 1. The van der Waals surface area contributed by atoms with Gasteiger partial charge in [-0.1, -0.05) is 6.42 Å². The second kappa shape index (κ2) is 7.32. The van der Waals surface area contributed by atoms with Gasteiger partial charge in [0.05, 0.1) is 17.1 Å². The molecule has 7 heteroatoms. The minimum Gasteiger partial charge on any atom is -0.482 e. The number of carbonyl (C=O) groups excluding carboxylic acids is 1. The molecule has 1 unspecified atom stereocenters. The van der Waals surface area contributed by atoms with E-state index in [1.807, 2.05) is 36.5 Å². The summed E-state index contributed by atoms with van der Waals surface area (Å²) in [5.41, 5.74) is 11.5. The molecule has 1 saturated heterocycles. The average molecular weight is 406 g/mol. The van der Waals surface area contributed by atoms with Gasteiger partial charge in [0.15, 0.2) is 6.61 Å². The van der Waals surface area contributed by atoms with E-state index < -0.39 is 0 Å². The number of hydrogen-bond donors (Lipinski definition) is 1. The Hall–Kier alpha value is -3.06. The van der Waals surface area contributed by atoms with Crippen molar-refractivity contribution in [2.45, 2.75) is 38.8 Å². The van der Waals surface area contributed by atoms with Gasteiger partial charge in [-0.3, -0.25) is 9.69 Å². The van der Waals surface area contributed by atoms with Gasteiger partial charge in [0.1, 0.15) is 11.4 Å². The largest absolute Gasteiger partial charge is 0.482 e. The van der Waals surface area contributed by atoms with E-state index in [0.717, 1.165) is 47.1 Å². The topological polar surface area (TPSA) is 76.1 Å². The first-order valence-corrected chi connectivity index (χ1v) is 10.6. The number of carbonyl (C=O) groups is 1. The Morgan fingerprint density at radius 2 is 2.10 bits per heavy atom. The number of amides is 1. The van der Waals surface area contributed by atoms with Gasteiger partial charge in [0.25, 0.3) is 5.91 Å². The van der Waals surface area contributed by atoms with Crippen LogP contribution in [0, 0.1) is 0 Å². The molecule has 2 N–H and O–H groups in total. The fourth-order valence-electron chi connectivity index (χ4n) is 4.50. The Labute approximate surface area is 176 Å². The molecule has 4 heterocycles. The van der Waals surface area contributed by atoms with Crippen molar-refractivity contribution in [2.24, 2.45) is 0 Å². The van der Waals surface area contributed by atoms with Crippen LogP contribution in [0.15, 0.2) is 36.5 Å². The molecule has 0 radical (unpaired) electrons. The molecule has 2 aliphatic rings. The summed E-state index contributed by atoms with van der Waals surface area (Å²) < 4.78 is 7.70. The normalized spacial score (nSPS) is 19.7. The number of aromatic nitrogens is 2. The van der Waals surface area contributed by atoms with Gasteiger partial charge >= 0.3 is 0 Å². The number of nitrogens with two attached hydrogens (primary N) is 1. The second-order valence-corrected chi connectivity index (χ2v) is 8.34. The smallest absolute Gasteiger partial charge is 0.264 e. The molecule has 2 aliphatic heterocycles. The number of imidazole rings is 1. The summed E-state index contributed by atoms with van der Waals surface area (Å²) in [6.45, 7) is 4.27. The molecule has 2 aromatic heterocycles. The van der Waals surface area contributed by atoms with Gasteiger partial charge in [0.2, 0.25) is 0 Å². The minimum atomic E-state index is -0.0511. The average Bonchev–Trinajstić information content (AvgIpc) is 3.10. The van der Waals surface area contributed by atoms with Gasteiger partial charge < -0.3 is 19.8 Å². The number of likely N-dealkylation sites (tertiary alicyclic amines) is 1. The van der Waals surface area contributed by atoms with E-state index >= 15 is 0 Å². The van der Waals surface area contributed by atoms with E-state index in [0.29, 0.717) is 11.7 Å². The molecule has 0 bridgehead atoms. The van der Waals surface area contributed by atoms with Crippen molar-refractivity contribution in [3.8, 4) is 17.0 Å². The number of fused-ring (bicyclic) bond motifs is 2. The van der Waals surface area contributed by atoms with Crippen molar-refractivity contribution in [3.05, 3.63) is 42.2 Å². The van der Waals surface area contributed by atoms with Crippen LogP contribution < -0.4 is 15.4 Å². The molecule has 1 fully saturated rings. The number of hydrogen-bond acceptors (Lipinski definition) is 5. The van der Waals surface area contributed by atoms with Gasteiger partial charge in [-0.25, -0.2) is 4.98 Å². The first-order chi connectivity index (χ1) is 14.5. The highest BCUT2D eigenvalue weighted by atomic mass is 16.5. The number of benzene rings is 1. The summed E-state index contributed by atoms with van der Waals surface area (Å²) in [6.07, 6.45) is 5.68. The highest BCUT2D eigenvalue weighted by molar-refractivity contribution is 5.98. The Kier molecular flexibility index (Phi) is 4.62. The van der Waals surface area contributed by atoms with Crippen LogP contribution in [0.3, 0.4) is 0 Å². The molecule has 0 spiro atoms. The zero-order valence-electron chi connectivity index (χ0n) is 17.5. The maximum atomic E-state index is 12.1. The summed E-state index contributed by atoms with van der Waals surface area (Å²) in [5.74, 6) is 0.671. The molecule has 1 aromatic carbocycles. The highest BCUT2D eigenvalue weighted by Crippen LogP contribution is 2.37. The first-order valence-electron chi connectivity index (χ1n) is 10.6. The van der Waals surface area contributed by atoms with E-state index in [2.05, 4.69) is 16.2 Å². The SMILES string of the molecule is CC1CCCCN1Cc1c(-c2ccc3c(c2)N(C)C(=O)CO3)nc2ccc(N)cn12. The van der Waals surface area contributed by atoms with E-state index in [-0.39, 0.29) is 12.5 Å². The molecule has 156 valence electrons. The Balaban J connectivity index is 1.63. The summed E-state index contributed by atoms with van der Waals surface area (Å²) in [7, 11) is 1.79. The van der Waals surface area contributed by atoms with Crippen LogP contribution in [0.5, 0.6) is 5.75 Å². The summed E-state index contributed by atoms with van der Waals surface area (Å²) in [5, 5.41) is 0. The molecule has 5 rings (SSSR count). The standard InChI is InChI=1S/C23H27N5O2/c1-15-5-3-4-10-27(15)13-19-23(25-21-9-7-17(24)12-28(19)21)16-6-8-20-18(11-16)26(2)22(29)14-30-20/h6-9,11-12,15H,3-5,10,13-14,24H2,1-2H3. The third kappa shape index (κ3) is 3.19. The number of pyridine rings is 1. The molecular weight excluding hydrogens is 378 g/mol. The van der Waals surface area contributed by atoms with Crippen molar-refractivity contribution < 1.29 is 9.53 Å². The van der Waals surface area contributed by atoms with Crippen LogP contribution >= 0.6 is 0 Å². The Morgan fingerprint density at radius 1 is 1.23 bits per heavy atom. The van der Waals surface area contributed by atoms with Crippen LogP contribution in [0.2, 0.25) is 0 Å². The second-order valence-electron chi connectivity index (χ2n) is 8.34. The predicted octanol–water partition coefficient (Wildman–Crippen LogP) is 3.31. The van der Waals surface area contributed by atoms with Crippen LogP contribution in [0.25, 0.3) is 16.9 Å². The first kappa shape index (κ1) is 18.9. The molecule has 0 aliphatic carbocycles. The third-order valence-electron chi connectivity index (χ3n) is 6.35. The van der Waals surface area contributed by atoms with E-state index in [9.17, 15) is 4.79 Å². The van der Waals surface area contributed by atoms with Crippen molar-refractivity contribution in [1.29, 1.82) is 0 Å². The van der Waals surface area contributed by atoms with E-state index in [1.165, 1.54) is 19.3 Å². The maximum Gasteiger partial charge on any atom is 0.264 e. The van der Waals surface area contributed by atoms with E-state index in [4.69, 9.17) is 15.5 Å². The quantitative estimate of drug-likeness (QED) is 0.723. The van der Waals surface area contributed by atoms with Gasteiger partial charge in [-0.2, -0.15) is 0 Å². The molecular formula is C23H27N5O2. The number of nitrogen functional groups attached to an aromatic ring is 1. The monoisotopic (exact) mass is 405 g/mol. The van der Waals surface area contributed by atoms with Crippen molar-refractivity contribution in [3.63, 3.8) is 0 Å². The zero-order valence-corrected chi connectivity index (χ0v) is 17.5.